The van der Waals surface area contributed by atoms with E-state index in [1.807, 2.05) is 0 Å². The summed E-state index contributed by atoms with van der Waals surface area (Å²) >= 11 is 0. The van der Waals surface area contributed by atoms with Crippen LogP contribution in [-0.4, -0.2) is 23.6 Å². The van der Waals surface area contributed by atoms with Gasteiger partial charge in [-0.2, -0.15) is 0 Å². The van der Waals surface area contributed by atoms with Crippen LogP contribution in [0.25, 0.3) is 0 Å². The Morgan fingerprint density at radius 2 is 2.08 bits per heavy atom. The van der Waals surface area contributed by atoms with Crippen molar-refractivity contribution in [1.29, 1.82) is 0 Å². The van der Waals surface area contributed by atoms with Gasteiger partial charge in [0.25, 0.3) is 0 Å². The molecule has 0 radical (unpaired) electrons. The maximum atomic E-state index is 10.1. The number of isocyanates is 1. The van der Waals surface area contributed by atoms with Crippen LogP contribution in [0.4, 0.5) is 0 Å². The summed E-state index contributed by atoms with van der Waals surface area (Å²) in [7, 11) is -3.10. The monoisotopic (exact) mass is 203 g/mol. The number of rotatable bonds is 5. The molecule has 0 aromatic rings. The second kappa shape index (κ2) is 5.42. The van der Waals surface area contributed by atoms with Gasteiger partial charge in [-0.25, -0.2) is 9.45 Å². The van der Waals surface area contributed by atoms with E-state index in [0.717, 1.165) is 12.5 Å². The molecule has 0 aliphatic carbocycles. The van der Waals surface area contributed by atoms with Gasteiger partial charge < -0.3 is 4.12 Å². The lowest BCUT2D eigenvalue weighted by atomic mass is 10.6. The third-order valence-corrected chi connectivity index (χ3v) is 6.60. The molecule has 70 valence electrons. The van der Waals surface area contributed by atoms with Crippen LogP contribution in [0, 0.1) is 0 Å². The van der Waals surface area contributed by atoms with E-state index < -0.39 is 17.5 Å². The highest BCUT2D eigenvalue weighted by Gasteiger charge is 2.21. The molecule has 0 spiro atoms. The Balaban J connectivity index is 4.03. The molecule has 1 atom stereocenters. The van der Waals surface area contributed by atoms with E-state index in [1.54, 1.807) is 6.08 Å². The van der Waals surface area contributed by atoms with Crippen molar-refractivity contribution in [1.82, 2.24) is 0 Å². The van der Waals surface area contributed by atoms with Gasteiger partial charge in [-0.05, 0) is 25.7 Å². The molecule has 12 heavy (non-hydrogen) atoms. The zero-order chi connectivity index (χ0) is 9.61. The Hall–Kier alpha value is -0.226. The number of hydrogen-bond acceptors (Lipinski definition) is 3. The first kappa shape index (κ1) is 11.8. The Labute approximate surface area is 76.8 Å². The topological polar surface area (TPSA) is 38.7 Å². The molecule has 0 rings (SSSR count). The minimum Gasteiger partial charge on any atom is -0.441 e. The summed E-state index contributed by atoms with van der Waals surface area (Å²) in [6.07, 6.45) is 2.64. The van der Waals surface area contributed by atoms with Crippen molar-refractivity contribution in [3.63, 3.8) is 0 Å². The highest BCUT2D eigenvalue weighted by Crippen LogP contribution is 2.09. The molecular weight excluding hydrogens is 186 g/mol. The number of hydrogen-bond donors (Lipinski definition) is 0. The van der Waals surface area contributed by atoms with Crippen LogP contribution in [0.1, 0.15) is 13.3 Å². The maximum Gasteiger partial charge on any atom is 0.308 e. The third kappa shape index (κ3) is 6.48. The van der Waals surface area contributed by atoms with E-state index in [0.29, 0.717) is 0 Å². The van der Waals surface area contributed by atoms with Crippen molar-refractivity contribution in [2.75, 3.05) is 0 Å². The molecule has 0 bridgehead atoms. The first-order chi connectivity index (χ1) is 5.49. The fraction of sp³-hybridized carbons (Fsp3) is 0.857. The van der Waals surface area contributed by atoms with Crippen LogP contribution in [0.2, 0.25) is 25.7 Å². The van der Waals surface area contributed by atoms with Gasteiger partial charge in [0.2, 0.25) is 6.08 Å². The molecule has 0 aromatic carbocycles. The van der Waals surface area contributed by atoms with Crippen molar-refractivity contribution in [3.8, 4) is 0 Å². The molecule has 0 aliphatic rings. The zero-order valence-electron chi connectivity index (χ0n) is 8.26. The summed E-state index contributed by atoms with van der Waals surface area (Å²) in [5.74, 6) is 0. The summed E-state index contributed by atoms with van der Waals surface area (Å²) in [6, 6.07) is 0.944. The second-order valence-corrected chi connectivity index (χ2v) is 10.6. The third-order valence-electron chi connectivity index (χ3n) is 1.22. The van der Waals surface area contributed by atoms with Crippen LogP contribution in [0.5, 0.6) is 0 Å². The molecule has 0 amide bonds. The van der Waals surface area contributed by atoms with Crippen molar-refractivity contribution in [2.24, 2.45) is 4.66 Å². The van der Waals surface area contributed by atoms with E-state index in [9.17, 15) is 4.79 Å². The van der Waals surface area contributed by atoms with Crippen LogP contribution >= 0.6 is 0 Å². The van der Waals surface area contributed by atoms with E-state index in [4.69, 9.17) is 4.12 Å². The van der Waals surface area contributed by atoms with Crippen LogP contribution in [-0.2, 0) is 8.91 Å². The van der Waals surface area contributed by atoms with Crippen molar-refractivity contribution in [3.05, 3.63) is 0 Å². The zero-order valence-corrected chi connectivity index (χ0v) is 10.4. The number of nitrogens with zero attached hydrogens (tertiary/aromatic N) is 1. The quantitative estimate of drug-likeness (QED) is 0.388. The normalized spacial score (nSPS) is 13.7. The van der Waals surface area contributed by atoms with E-state index in [1.165, 1.54) is 0 Å². The fourth-order valence-electron chi connectivity index (χ4n) is 0.864. The van der Waals surface area contributed by atoms with E-state index >= 15 is 0 Å². The number of carbonyl (C=O) groups excluding carboxylic acids is 1. The first-order valence-corrected chi connectivity index (χ1v) is 9.45. The van der Waals surface area contributed by atoms with Gasteiger partial charge in [0.1, 0.15) is 0 Å². The molecule has 0 aromatic heterocycles. The Kier molecular flexibility index (Phi) is 5.32. The maximum absolute atomic E-state index is 10.1. The summed E-state index contributed by atoms with van der Waals surface area (Å²) in [5, 5.41) is 0. The molecular formula is C7H17NO2Si2. The summed E-state index contributed by atoms with van der Waals surface area (Å²) in [5.41, 5.74) is 0. The Morgan fingerprint density at radius 1 is 1.50 bits per heavy atom. The predicted molar refractivity (Wildman–Crippen MR) is 54.8 cm³/mol. The Bertz CT molecular complexity index is 173. The highest BCUT2D eigenvalue weighted by molar-refractivity contribution is 6.77. The van der Waals surface area contributed by atoms with Crippen LogP contribution in [0.15, 0.2) is 4.66 Å². The molecule has 0 aliphatic heterocycles. The molecule has 0 saturated heterocycles. The van der Waals surface area contributed by atoms with Crippen molar-refractivity contribution >= 4 is 23.6 Å². The van der Waals surface area contributed by atoms with Crippen molar-refractivity contribution < 1.29 is 8.91 Å². The lowest BCUT2D eigenvalue weighted by Crippen LogP contribution is -2.33. The summed E-state index contributed by atoms with van der Waals surface area (Å²) in [6.45, 7) is 8.42. The minimum absolute atomic E-state index is 0.944. The molecule has 0 heterocycles. The molecule has 3 nitrogen and oxygen atoms in total. The van der Waals surface area contributed by atoms with Gasteiger partial charge in [0, 0.05) is 0 Å². The van der Waals surface area contributed by atoms with Crippen LogP contribution < -0.4 is 0 Å². The van der Waals surface area contributed by atoms with E-state index in [-0.39, 0.29) is 0 Å². The molecule has 5 heteroatoms. The van der Waals surface area contributed by atoms with Gasteiger partial charge in [-0.3, -0.25) is 0 Å². The lowest BCUT2D eigenvalue weighted by molar-refractivity contribution is 0.553. The van der Waals surface area contributed by atoms with Crippen LogP contribution in [0.3, 0.4) is 0 Å². The second-order valence-electron chi connectivity index (χ2n) is 3.69. The summed E-state index contributed by atoms with van der Waals surface area (Å²) < 4.78 is 9.51. The highest BCUT2D eigenvalue weighted by atomic mass is 28.4. The smallest absolute Gasteiger partial charge is 0.308 e. The lowest BCUT2D eigenvalue weighted by Gasteiger charge is -2.21. The molecule has 0 N–H and O–H groups in total. The Morgan fingerprint density at radius 3 is 2.42 bits per heavy atom. The minimum atomic E-state index is -1.60. The molecule has 0 saturated carbocycles. The van der Waals surface area contributed by atoms with Crippen molar-refractivity contribution in [2.45, 2.75) is 39.0 Å². The average Bonchev–Trinajstić information content (AvgIpc) is 1.84. The van der Waals surface area contributed by atoms with E-state index in [2.05, 4.69) is 31.2 Å². The molecule has 0 fully saturated rings. The van der Waals surface area contributed by atoms with Gasteiger partial charge in [0.05, 0.1) is 0 Å². The largest absolute Gasteiger partial charge is 0.441 e. The fourth-order valence-corrected chi connectivity index (χ4v) is 5.55. The average molecular weight is 203 g/mol. The first-order valence-electron chi connectivity index (χ1n) is 4.24. The van der Waals surface area contributed by atoms with Gasteiger partial charge >= 0.3 is 9.20 Å². The standard InChI is InChI=1S/C7H17NO2Si2/c1-5-6-11(8-7-9)10-12(2,3)4/h11H,5-6H2,1-4H3. The SMILES string of the molecule is CCC[SiH](N=C=O)O[Si](C)(C)C. The summed E-state index contributed by atoms with van der Waals surface area (Å²) in [4.78, 5) is 10.1. The van der Waals surface area contributed by atoms with Gasteiger partial charge in [0.15, 0.2) is 8.32 Å². The predicted octanol–water partition coefficient (Wildman–Crippen LogP) is 1.80. The van der Waals surface area contributed by atoms with Gasteiger partial charge in [-0.1, -0.05) is 13.3 Å². The van der Waals surface area contributed by atoms with Gasteiger partial charge in [-0.15, -0.1) is 0 Å². The molecule has 1 unspecified atom stereocenters.